The van der Waals surface area contributed by atoms with Gasteiger partial charge in [-0.1, -0.05) is 80.0 Å². The molecule has 0 aromatic heterocycles. The van der Waals surface area contributed by atoms with Crippen LogP contribution in [0.25, 0.3) is 0 Å². The second-order valence-electron chi connectivity index (χ2n) is 6.76. The zero-order valence-electron chi connectivity index (χ0n) is 16.5. The van der Waals surface area contributed by atoms with Crippen molar-refractivity contribution in [3.63, 3.8) is 0 Å². The first-order valence-electron chi connectivity index (χ1n) is 9.11. The third-order valence-corrected chi connectivity index (χ3v) is 8.37. The van der Waals surface area contributed by atoms with E-state index in [9.17, 15) is 13.2 Å². The first kappa shape index (κ1) is 26.6. The Morgan fingerprint density at radius 1 is 0.848 bits per heavy atom. The Morgan fingerprint density at radius 3 is 2.12 bits per heavy atom. The van der Waals surface area contributed by atoms with E-state index < -0.39 is 22.5 Å². The SMILES string of the molecule is O=C(CN(Cc1ccc(Cl)cc1Cl)S(=O)(=O)c1ccc(Br)cc1)Nc1cc(Cl)c(Cl)cc1Cl. The number of carbonyl (C=O) groups excluding carboxylic acids is 1. The molecule has 33 heavy (non-hydrogen) atoms. The van der Waals surface area contributed by atoms with Crippen molar-refractivity contribution < 1.29 is 13.2 Å². The van der Waals surface area contributed by atoms with Crippen molar-refractivity contribution in [1.29, 1.82) is 0 Å². The van der Waals surface area contributed by atoms with E-state index in [0.717, 1.165) is 4.31 Å². The molecule has 0 radical (unpaired) electrons. The molecule has 0 saturated heterocycles. The zero-order valence-corrected chi connectivity index (χ0v) is 22.6. The molecule has 0 aliphatic rings. The molecule has 0 fully saturated rings. The van der Waals surface area contributed by atoms with Crippen molar-refractivity contribution in [3.8, 4) is 0 Å². The molecule has 0 unspecified atom stereocenters. The number of amides is 1. The first-order valence-corrected chi connectivity index (χ1v) is 13.2. The quantitative estimate of drug-likeness (QED) is 0.274. The molecule has 0 saturated carbocycles. The number of nitrogens with zero attached hydrogens (tertiary/aromatic N) is 1. The van der Waals surface area contributed by atoms with Crippen LogP contribution in [-0.2, 0) is 21.4 Å². The molecule has 0 atom stereocenters. The molecule has 0 heterocycles. The van der Waals surface area contributed by atoms with Crippen LogP contribution in [0.15, 0.2) is 64.0 Å². The predicted molar refractivity (Wildman–Crippen MR) is 138 cm³/mol. The molecule has 1 N–H and O–H groups in total. The van der Waals surface area contributed by atoms with Crippen LogP contribution in [0, 0.1) is 0 Å². The van der Waals surface area contributed by atoms with Crippen LogP contribution < -0.4 is 5.32 Å². The highest BCUT2D eigenvalue weighted by molar-refractivity contribution is 9.10. The summed E-state index contributed by atoms with van der Waals surface area (Å²) >= 11 is 33.5. The molecular weight excluding hydrogens is 617 g/mol. The van der Waals surface area contributed by atoms with Gasteiger partial charge in [-0.15, -0.1) is 0 Å². The van der Waals surface area contributed by atoms with Crippen LogP contribution >= 0.6 is 73.9 Å². The lowest BCUT2D eigenvalue weighted by molar-refractivity contribution is -0.116. The van der Waals surface area contributed by atoms with Gasteiger partial charge in [0.05, 0.1) is 32.2 Å². The minimum atomic E-state index is -4.08. The average molecular weight is 632 g/mol. The molecule has 0 aliphatic heterocycles. The van der Waals surface area contributed by atoms with Crippen LogP contribution in [0.5, 0.6) is 0 Å². The highest BCUT2D eigenvalue weighted by Crippen LogP contribution is 2.32. The van der Waals surface area contributed by atoms with E-state index in [0.29, 0.717) is 15.1 Å². The molecule has 12 heteroatoms. The lowest BCUT2D eigenvalue weighted by Gasteiger charge is -2.23. The number of nitrogens with one attached hydrogen (secondary N) is 1. The molecule has 3 rings (SSSR count). The number of carbonyl (C=O) groups is 1. The molecule has 174 valence electrons. The van der Waals surface area contributed by atoms with Gasteiger partial charge in [0.1, 0.15) is 0 Å². The number of hydrogen-bond acceptors (Lipinski definition) is 3. The van der Waals surface area contributed by atoms with Gasteiger partial charge in [-0.3, -0.25) is 4.79 Å². The molecule has 3 aromatic rings. The lowest BCUT2D eigenvalue weighted by atomic mass is 10.2. The Balaban J connectivity index is 1.93. The standard InChI is InChI=1S/C21H14BrCl5N2O3S/c22-13-2-5-15(6-3-13)33(31,32)29(10-12-1-4-14(23)7-16(12)24)11-21(30)28-20-9-18(26)17(25)8-19(20)27/h1-9H,10-11H2,(H,28,30). The number of rotatable bonds is 7. The molecule has 1 amide bonds. The van der Waals surface area contributed by atoms with Crippen LogP contribution in [0.4, 0.5) is 5.69 Å². The number of benzene rings is 3. The van der Waals surface area contributed by atoms with Crippen LogP contribution in [-0.4, -0.2) is 25.2 Å². The fourth-order valence-electron chi connectivity index (χ4n) is 2.79. The lowest BCUT2D eigenvalue weighted by Crippen LogP contribution is -2.37. The maximum atomic E-state index is 13.4. The maximum absolute atomic E-state index is 13.4. The van der Waals surface area contributed by atoms with Crippen molar-refractivity contribution in [1.82, 2.24) is 4.31 Å². The summed E-state index contributed by atoms with van der Waals surface area (Å²) in [7, 11) is -4.08. The van der Waals surface area contributed by atoms with Gasteiger partial charge < -0.3 is 5.32 Å². The summed E-state index contributed by atoms with van der Waals surface area (Å²) in [6, 6.07) is 13.5. The topological polar surface area (TPSA) is 66.5 Å². The minimum absolute atomic E-state index is 0.0103. The Bertz CT molecular complexity index is 1300. The van der Waals surface area contributed by atoms with Gasteiger partial charge in [-0.25, -0.2) is 8.42 Å². The summed E-state index contributed by atoms with van der Waals surface area (Å²) in [4.78, 5) is 12.8. The van der Waals surface area contributed by atoms with Gasteiger partial charge in [0, 0.05) is 21.1 Å². The predicted octanol–water partition coefficient (Wildman–Crippen LogP) is 7.55. The van der Waals surface area contributed by atoms with Crippen LogP contribution in [0.2, 0.25) is 25.1 Å². The molecule has 3 aromatic carbocycles. The van der Waals surface area contributed by atoms with E-state index in [1.54, 1.807) is 24.3 Å². The highest BCUT2D eigenvalue weighted by atomic mass is 79.9. The van der Waals surface area contributed by atoms with E-state index in [1.165, 1.54) is 30.3 Å². The minimum Gasteiger partial charge on any atom is -0.324 e. The molecular formula is C21H14BrCl5N2O3S. The smallest absolute Gasteiger partial charge is 0.243 e. The van der Waals surface area contributed by atoms with E-state index in [2.05, 4.69) is 21.2 Å². The number of halogens is 6. The van der Waals surface area contributed by atoms with Crippen molar-refractivity contribution in [2.24, 2.45) is 0 Å². The summed E-state index contributed by atoms with van der Waals surface area (Å²) < 4.78 is 28.5. The van der Waals surface area contributed by atoms with E-state index in [1.807, 2.05) is 0 Å². The van der Waals surface area contributed by atoms with Crippen LogP contribution in [0.3, 0.4) is 0 Å². The summed E-state index contributed by atoms with van der Waals surface area (Å²) in [5, 5.41) is 3.80. The summed E-state index contributed by atoms with van der Waals surface area (Å²) in [6.07, 6.45) is 0. The van der Waals surface area contributed by atoms with E-state index >= 15 is 0 Å². The van der Waals surface area contributed by atoms with Gasteiger partial charge in [-0.2, -0.15) is 4.31 Å². The van der Waals surface area contributed by atoms with Gasteiger partial charge in [0.15, 0.2) is 0 Å². The summed E-state index contributed by atoms with van der Waals surface area (Å²) in [6.45, 7) is -0.690. The number of hydrogen-bond donors (Lipinski definition) is 1. The third kappa shape index (κ3) is 6.77. The molecule has 0 spiro atoms. The Kier molecular flexibility index (Phi) is 8.97. The first-order chi connectivity index (χ1) is 15.5. The monoisotopic (exact) mass is 628 g/mol. The maximum Gasteiger partial charge on any atom is 0.243 e. The van der Waals surface area contributed by atoms with Crippen molar-refractivity contribution in [2.75, 3.05) is 11.9 Å². The number of anilines is 1. The van der Waals surface area contributed by atoms with Gasteiger partial charge in [0.25, 0.3) is 0 Å². The zero-order chi connectivity index (χ0) is 24.3. The van der Waals surface area contributed by atoms with E-state index in [-0.39, 0.29) is 37.2 Å². The molecule has 5 nitrogen and oxygen atoms in total. The van der Waals surface area contributed by atoms with Crippen molar-refractivity contribution in [2.45, 2.75) is 11.4 Å². The van der Waals surface area contributed by atoms with Gasteiger partial charge in [0.2, 0.25) is 15.9 Å². The summed E-state index contributed by atoms with van der Waals surface area (Å²) in [5.74, 6) is -0.638. The van der Waals surface area contributed by atoms with E-state index in [4.69, 9.17) is 58.0 Å². The summed E-state index contributed by atoms with van der Waals surface area (Å²) in [5.41, 5.74) is 0.670. The van der Waals surface area contributed by atoms with Gasteiger partial charge >= 0.3 is 0 Å². The third-order valence-electron chi connectivity index (χ3n) is 4.42. The second kappa shape index (κ2) is 11.1. The van der Waals surface area contributed by atoms with Gasteiger partial charge in [-0.05, 0) is 54.1 Å². The highest BCUT2D eigenvalue weighted by Gasteiger charge is 2.28. The molecule has 0 bridgehead atoms. The van der Waals surface area contributed by atoms with Crippen molar-refractivity contribution >= 4 is 95.6 Å². The fraction of sp³-hybridized carbons (Fsp3) is 0.0952. The number of sulfonamides is 1. The normalized spacial score (nSPS) is 11.6. The Hall–Kier alpha value is -1.03. The largest absolute Gasteiger partial charge is 0.324 e. The Morgan fingerprint density at radius 2 is 1.48 bits per heavy atom. The second-order valence-corrected chi connectivity index (χ2v) is 11.7. The van der Waals surface area contributed by atoms with Crippen LogP contribution in [0.1, 0.15) is 5.56 Å². The fourth-order valence-corrected chi connectivity index (χ4v) is 5.49. The van der Waals surface area contributed by atoms with Crippen molar-refractivity contribution in [3.05, 3.63) is 89.7 Å². The average Bonchev–Trinajstić information content (AvgIpc) is 2.73. The molecule has 0 aliphatic carbocycles. The Labute approximate surface area is 224 Å².